The zero-order chi connectivity index (χ0) is 13.8. The van der Waals surface area contributed by atoms with E-state index in [0.717, 1.165) is 5.69 Å². The molecule has 0 fully saturated rings. The Morgan fingerprint density at radius 1 is 1.39 bits per heavy atom. The van der Waals surface area contributed by atoms with Crippen LogP contribution in [0.2, 0.25) is 0 Å². The zero-order valence-corrected chi connectivity index (χ0v) is 11.4. The number of aliphatic hydroxyl groups is 1. The summed E-state index contributed by atoms with van der Waals surface area (Å²) in [5.74, 6) is -0.310. The summed E-state index contributed by atoms with van der Waals surface area (Å²) in [6.07, 6.45) is 3.06. The molecule has 1 aromatic heterocycles. The van der Waals surface area contributed by atoms with E-state index in [1.54, 1.807) is 6.20 Å². The second-order valence-electron chi connectivity index (χ2n) is 5.67. The Morgan fingerprint density at radius 3 is 2.56 bits per heavy atom. The molecule has 0 radical (unpaired) electrons. The molecule has 1 rings (SSSR count). The first-order valence-corrected chi connectivity index (χ1v) is 6.03. The van der Waals surface area contributed by atoms with E-state index >= 15 is 0 Å². The first kappa shape index (κ1) is 14.6. The zero-order valence-electron chi connectivity index (χ0n) is 11.4. The third kappa shape index (κ3) is 5.23. The number of nitrogens with one attached hydrogen (secondary N) is 1. The first-order valence-electron chi connectivity index (χ1n) is 6.03. The molecule has 1 unspecified atom stereocenters. The van der Waals surface area contributed by atoms with Crippen molar-refractivity contribution in [3.8, 4) is 0 Å². The maximum absolute atomic E-state index is 11.7. The molecule has 0 aliphatic rings. The van der Waals surface area contributed by atoms with Crippen LogP contribution in [0, 0.1) is 12.3 Å². The first-order chi connectivity index (χ1) is 8.28. The third-order valence-corrected chi connectivity index (χ3v) is 2.36. The van der Waals surface area contributed by atoms with Crippen molar-refractivity contribution in [3.63, 3.8) is 0 Å². The van der Waals surface area contributed by atoms with Crippen molar-refractivity contribution in [2.24, 2.45) is 5.41 Å². The second kappa shape index (κ2) is 5.91. The summed E-state index contributed by atoms with van der Waals surface area (Å²) in [5.41, 5.74) is 1.07. The molecule has 1 atom stereocenters. The summed E-state index contributed by atoms with van der Waals surface area (Å²) in [5, 5.41) is 12.4. The van der Waals surface area contributed by atoms with Crippen molar-refractivity contribution in [1.82, 2.24) is 15.3 Å². The van der Waals surface area contributed by atoms with E-state index in [1.807, 2.05) is 27.7 Å². The predicted octanol–water partition coefficient (Wildman–Crippen LogP) is 1.31. The molecule has 0 bridgehead atoms. The minimum atomic E-state index is -0.549. The highest BCUT2D eigenvalue weighted by molar-refractivity contribution is 5.91. The predicted molar refractivity (Wildman–Crippen MR) is 69.2 cm³/mol. The number of aliphatic hydroxyl groups excluding tert-OH is 1. The van der Waals surface area contributed by atoms with Gasteiger partial charge in [0, 0.05) is 12.7 Å². The topological polar surface area (TPSA) is 75.1 Å². The summed E-state index contributed by atoms with van der Waals surface area (Å²) in [6, 6.07) is 0. The van der Waals surface area contributed by atoms with Crippen LogP contribution >= 0.6 is 0 Å². The average molecular weight is 251 g/mol. The van der Waals surface area contributed by atoms with Gasteiger partial charge in [0.25, 0.3) is 5.91 Å². The number of hydrogen-bond acceptors (Lipinski definition) is 4. The van der Waals surface area contributed by atoms with Gasteiger partial charge in [-0.2, -0.15) is 0 Å². The number of nitrogens with zero attached hydrogens (tertiary/aromatic N) is 2. The molecule has 1 heterocycles. The van der Waals surface area contributed by atoms with E-state index in [2.05, 4.69) is 15.3 Å². The molecule has 5 nitrogen and oxygen atoms in total. The molecular weight excluding hydrogens is 230 g/mol. The van der Waals surface area contributed by atoms with Gasteiger partial charge in [-0.3, -0.25) is 9.78 Å². The molecule has 2 N–H and O–H groups in total. The highest BCUT2D eigenvalue weighted by Crippen LogP contribution is 2.20. The van der Waals surface area contributed by atoms with E-state index in [1.165, 1.54) is 6.20 Å². The van der Waals surface area contributed by atoms with Crippen LogP contribution in [0.4, 0.5) is 0 Å². The molecule has 0 aromatic carbocycles. The van der Waals surface area contributed by atoms with Gasteiger partial charge in [-0.15, -0.1) is 0 Å². The van der Waals surface area contributed by atoms with Crippen molar-refractivity contribution in [3.05, 3.63) is 23.8 Å². The smallest absolute Gasteiger partial charge is 0.271 e. The van der Waals surface area contributed by atoms with Crippen LogP contribution in [0.3, 0.4) is 0 Å². The maximum Gasteiger partial charge on any atom is 0.271 e. The fourth-order valence-corrected chi connectivity index (χ4v) is 1.59. The SMILES string of the molecule is Cc1cnc(C(=O)NCC(O)CC(C)(C)C)cn1. The van der Waals surface area contributed by atoms with Gasteiger partial charge in [-0.25, -0.2) is 4.98 Å². The minimum Gasteiger partial charge on any atom is -0.391 e. The van der Waals surface area contributed by atoms with Crippen LogP contribution in [0.15, 0.2) is 12.4 Å². The Labute approximate surface area is 108 Å². The molecular formula is C13H21N3O2. The number of aromatic nitrogens is 2. The molecule has 18 heavy (non-hydrogen) atoms. The average Bonchev–Trinajstić information content (AvgIpc) is 2.24. The fourth-order valence-electron chi connectivity index (χ4n) is 1.59. The van der Waals surface area contributed by atoms with Gasteiger partial charge in [0.1, 0.15) is 5.69 Å². The van der Waals surface area contributed by atoms with Crippen LogP contribution in [0.25, 0.3) is 0 Å². The number of carbonyl (C=O) groups is 1. The van der Waals surface area contributed by atoms with Gasteiger partial charge in [0.15, 0.2) is 0 Å². The van der Waals surface area contributed by atoms with Gasteiger partial charge >= 0.3 is 0 Å². The summed E-state index contributed by atoms with van der Waals surface area (Å²) in [4.78, 5) is 19.7. The van der Waals surface area contributed by atoms with Crippen LogP contribution in [-0.2, 0) is 0 Å². The lowest BCUT2D eigenvalue weighted by Crippen LogP contribution is -2.34. The standard InChI is InChI=1S/C13H21N3O2/c1-9-6-15-11(8-14-9)12(18)16-7-10(17)5-13(2,3)4/h6,8,10,17H,5,7H2,1-4H3,(H,16,18). The van der Waals surface area contributed by atoms with Crippen LogP contribution in [0.5, 0.6) is 0 Å². The van der Waals surface area contributed by atoms with Gasteiger partial charge < -0.3 is 10.4 Å². The summed E-state index contributed by atoms with van der Waals surface area (Å²) >= 11 is 0. The lowest BCUT2D eigenvalue weighted by Gasteiger charge is -2.22. The van der Waals surface area contributed by atoms with Crippen molar-refractivity contribution < 1.29 is 9.90 Å². The number of carbonyl (C=O) groups excluding carboxylic acids is 1. The van der Waals surface area contributed by atoms with Crippen molar-refractivity contribution in [1.29, 1.82) is 0 Å². The van der Waals surface area contributed by atoms with Gasteiger partial charge in [-0.05, 0) is 18.8 Å². The largest absolute Gasteiger partial charge is 0.391 e. The van der Waals surface area contributed by atoms with E-state index in [-0.39, 0.29) is 23.6 Å². The van der Waals surface area contributed by atoms with Crippen LogP contribution in [0.1, 0.15) is 43.4 Å². The minimum absolute atomic E-state index is 0.0355. The van der Waals surface area contributed by atoms with Crippen LogP contribution < -0.4 is 5.32 Å². The maximum atomic E-state index is 11.7. The number of hydrogen-bond donors (Lipinski definition) is 2. The molecule has 0 aliphatic carbocycles. The molecule has 5 heteroatoms. The number of amides is 1. The monoisotopic (exact) mass is 251 g/mol. The van der Waals surface area contributed by atoms with E-state index in [0.29, 0.717) is 6.42 Å². The molecule has 1 amide bonds. The van der Waals surface area contributed by atoms with Crippen molar-refractivity contribution >= 4 is 5.91 Å². The van der Waals surface area contributed by atoms with Gasteiger partial charge in [0.2, 0.25) is 0 Å². The lowest BCUT2D eigenvalue weighted by molar-refractivity contribution is 0.0864. The molecule has 0 aliphatic heterocycles. The Kier molecular flexibility index (Phi) is 4.78. The summed E-state index contributed by atoms with van der Waals surface area (Å²) in [7, 11) is 0. The van der Waals surface area contributed by atoms with E-state index in [4.69, 9.17) is 0 Å². The Hall–Kier alpha value is -1.49. The number of aryl methyl sites for hydroxylation is 1. The van der Waals surface area contributed by atoms with E-state index < -0.39 is 6.10 Å². The summed E-state index contributed by atoms with van der Waals surface area (Å²) < 4.78 is 0. The van der Waals surface area contributed by atoms with Crippen LogP contribution in [-0.4, -0.2) is 33.6 Å². The number of rotatable bonds is 4. The highest BCUT2D eigenvalue weighted by Gasteiger charge is 2.17. The van der Waals surface area contributed by atoms with E-state index in [9.17, 15) is 9.90 Å². The normalized spacial score (nSPS) is 13.2. The Balaban J connectivity index is 2.44. The molecule has 100 valence electrons. The van der Waals surface area contributed by atoms with Crippen molar-refractivity contribution in [2.75, 3.05) is 6.54 Å². The third-order valence-electron chi connectivity index (χ3n) is 2.36. The second-order valence-corrected chi connectivity index (χ2v) is 5.67. The van der Waals surface area contributed by atoms with Crippen molar-refractivity contribution in [2.45, 2.75) is 40.2 Å². The Morgan fingerprint density at radius 2 is 2.06 bits per heavy atom. The molecule has 0 saturated carbocycles. The fraction of sp³-hybridized carbons (Fsp3) is 0.615. The lowest BCUT2D eigenvalue weighted by atomic mass is 9.89. The van der Waals surface area contributed by atoms with Gasteiger partial charge in [-0.1, -0.05) is 20.8 Å². The Bertz CT molecular complexity index is 396. The quantitative estimate of drug-likeness (QED) is 0.846. The molecule has 0 saturated heterocycles. The summed E-state index contributed by atoms with van der Waals surface area (Å²) in [6.45, 7) is 8.17. The highest BCUT2D eigenvalue weighted by atomic mass is 16.3. The molecule has 0 spiro atoms. The van der Waals surface area contributed by atoms with Gasteiger partial charge in [0.05, 0.1) is 18.0 Å². The molecule has 1 aromatic rings.